The molecule has 0 radical (unpaired) electrons. The maximum atomic E-state index is 12.5. The summed E-state index contributed by atoms with van der Waals surface area (Å²) in [6.45, 7) is 3.40. The first-order chi connectivity index (χ1) is 5.74. The average Bonchev–Trinajstić information content (AvgIpc) is 2.04. The second kappa shape index (κ2) is 4.10. The summed E-state index contributed by atoms with van der Waals surface area (Å²) < 4.78 is 17.5. The number of alkyl halides is 1. The van der Waals surface area contributed by atoms with Gasteiger partial charge in [-0.3, -0.25) is 0 Å². The molecule has 1 aromatic carbocycles. The van der Waals surface area contributed by atoms with Gasteiger partial charge in [-0.05, 0) is 18.1 Å². The van der Waals surface area contributed by atoms with Crippen molar-refractivity contribution < 1.29 is 9.13 Å². The normalized spacial score (nSPS) is 12.6. The van der Waals surface area contributed by atoms with Crippen LogP contribution in [0.5, 0.6) is 5.75 Å². The van der Waals surface area contributed by atoms with Gasteiger partial charge in [-0.15, -0.1) is 0 Å². The molecule has 0 N–H and O–H groups in total. The van der Waals surface area contributed by atoms with Crippen LogP contribution in [-0.4, -0.2) is 6.36 Å². The van der Waals surface area contributed by atoms with Gasteiger partial charge in [0.25, 0.3) is 0 Å². The van der Waals surface area contributed by atoms with Crippen LogP contribution in [0.25, 0.3) is 0 Å². The number of ether oxygens (including phenoxy) is 1. The minimum Gasteiger partial charge on any atom is -0.460 e. The summed E-state index contributed by atoms with van der Waals surface area (Å²) in [5.74, 6) is 0.648. The molecule has 0 fully saturated rings. The van der Waals surface area contributed by atoms with Gasteiger partial charge in [-0.25, -0.2) is 4.39 Å². The number of hydrogen-bond donors (Lipinski definition) is 0. The van der Waals surface area contributed by atoms with Gasteiger partial charge >= 0.3 is 0 Å². The summed E-state index contributed by atoms with van der Waals surface area (Å²) in [6.07, 6.45) is -0.374. The molecule has 12 heavy (non-hydrogen) atoms. The zero-order valence-corrected chi connectivity index (χ0v) is 7.38. The second-order valence-corrected chi connectivity index (χ2v) is 2.62. The predicted molar refractivity (Wildman–Crippen MR) is 47.0 cm³/mol. The van der Waals surface area contributed by atoms with Crippen LogP contribution in [-0.2, 0) is 6.42 Å². The summed E-state index contributed by atoms with van der Waals surface area (Å²) in [6, 6.07) is 7.50. The molecule has 1 nitrogen and oxygen atoms in total. The lowest BCUT2D eigenvalue weighted by molar-refractivity contribution is 0.0850. The molecule has 0 heterocycles. The van der Waals surface area contributed by atoms with Crippen molar-refractivity contribution in [3.8, 4) is 5.75 Å². The monoisotopic (exact) mass is 168 g/mol. The highest BCUT2D eigenvalue weighted by Crippen LogP contribution is 2.19. The van der Waals surface area contributed by atoms with E-state index < -0.39 is 6.36 Å². The van der Waals surface area contributed by atoms with Crippen molar-refractivity contribution in [3.05, 3.63) is 29.8 Å². The summed E-state index contributed by atoms with van der Waals surface area (Å²) in [4.78, 5) is 0. The van der Waals surface area contributed by atoms with Crippen LogP contribution in [0.1, 0.15) is 19.4 Å². The fourth-order valence-corrected chi connectivity index (χ4v) is 1.09. The van der Waals surface area contributed by atoms with Crippen LogP contribution < -0.4 is 4.74 Å². The Morgan fingerprint density at radius 2 is 2.08 bits per heavy atom. The lowest BCUT2D eigenvalue weighted by Gasteiger charge is -2.10. The van der Waals surface area contributed by atoms with Gasteiger partial charge in [-0.1, -0.05) is 25.1 Å². The Hall–Kier alpha value is -1.05. The maximum Gasteiger partial charge on any atom is 0.235 e. The van der Waals surface area contributed by atoms with Gasteiger partial charge < -0.3 is 4.74 Å². The van der Waals surface area contributed by atoms with Crippen molar-refractivity contribution in [1.82, 2.24) is 0 Å². The molecule has 1 atom stereocenters. The van der Waals surface area contributed by atoms with Crippen LogP contribution in [0.2, 0.25) is 0 Å². The van der Waals surface area contributed by atoms with Gasteiger partial charge in [0.05, 0.1) is 0 Å². The largest absolute Gasteiger partial charge is 0.460 e. The van der Waals surface area contributed by atoms with Crippen molar-refractivity contribution in [2.75, 3.05) is 0 Å². The van der Waals surface area contributed by atoms with Crippen molar-refractivity contribution in [1.29, 1.82) is 0 Å². The molecule has 0 bridgehead atoms. The van der Waals surface area contributed by atoms with E-state index in [4.69, 9.17) is 4.74 Å². The summed E-state index contributed by atoms with van der Waals surface area (Å²) in [7, 11) is 0. The van der Waals surface area contributed by atoms with Crippen molar-refractivity contribution in [3.63, 3.8) is 0 Å². The highest BCUT2D eigenvalue weighted by molar-refractivity contribution is 5.33. The van der Waals surface area contributed by atoms with E-state index in [1.807, 2.05) is 25.1 Å². The number of aryl methyl sites for hydroxylation is 1. The molecule has 0 aromatic heterocycles. The van der Waals surface area contributed by atoms with E-state index >= 15 is 0 Å². The molecule has 0 spiro atoms. The second-order valence-electron chi connectivity index (χ2n) is 2.62. The van der Waals surface area contributed by atoms with E-state index in [9.17, 15) is 4.39 Å². The first-order valence-corrected chi connectivity index (χ1v) is 4.12. The average molecular weight is 168 g/mol. The Morgan fingerprint density at radius 3 is 2.67 bits per heavy atom. The van der Waals surface area contributed by atoms with E-state index in [-0.39, 0.29) is 0 Å². The quantitative estimate of drug-likeness (QED) is 0.674. The highest BCUT2D eigenvalue weighted by atomic mass is 19.1. The SMILES string of the molecule is CCc1ccccc1OC(C)F. The van der Waals surface area contributed by atoms with E-state index in [2.05, 4.69) is 0 Å². The summed E-state index contributed by atoms with van der Waals surface area (Å²) in [5, 5.41) is 0. The molecule has 0 amide bonds. The lowest BCUT2D eigenvalue weighted by Crippen LogP contribution is -2.05. The van der Waals surface area contributed by atoms with E-state index in [0.29, 0.717) is 5.75 Å². The zero-order chi connectivity index (χ0) is 8.97. The van der Waals surface area contributed by atoms with Crippen LogP contribution >= 0.6 is 0 Å². The number of benzene rings is 1. The van der Waals surface area contributed by atoms with Gasteiger partial charge in [0, 0.05) is 6.92 Å². The van der Waals surface area contributed by atoms with E-state index in [1.54, 1.807) is 6.07 Å². The fraction of sp³-hybridized carbons (Fsp3) is 0.400. The molecule has 1 aromatic rings. The minimum absolute atomic E-state index is 0.648. The molecule has 2 heteroatoms. The fourth-order valence-electron chi connectivity index (χ4n) is 1.09. The first kappa shape index (κ1) is 9.04. The Kier molecular flexibility index (Phi) is 3.09. The number of hydrogen-bond acceptors (Lipinski definition) is 1. The standard InChI is InChI=1S/C10H13FO/c1-3-9-6-4-5-7-10(9)12-8(2)11/h4-8H,3H2,1-2H3. The molecular formula is C10H13FO. The number of rotatable bonds is 3. The lowest BCUT2D eigenvalue weighted by atomic mass is 10.1. The topological polar surface area (TPSA) is 9.23 Å². The van der Waals surface area contributed by atoms with Crippen molar-refractivity contribution >= 4 is 0 Å². The van der Waals surface area contributed by atoms with Gasteiger partial charge in [0.2, 0.25) is 6.36 Å². The third-order valence-electron chi connectivity index (χ3n) is 1.64. The highest BCUT2D eigenvalue weighted by Gasteiger charge is 2.03. The number of halogens is 1. The smallest absolute Gasteiger partial charge is 0.235 e. The zero-order valence-electron chi connectivity index (χ0n) is 7.38. The molecule has 0 saturated heterocycles. The minimum atomic E-state index is -1.24. The third kappa shape index (κ3) is 2.22. The Labute approximate surface area is 72.2 Å². The molecule has 0 aliphatic carbocycles. The van der Waals surface area contributed by atoms with Gasteiger partial charge in [0.1, 0.15) is 5.75 Å². The maximum absolute atomic E-state index is 12.5. The third-order valence-corrected chi connectivity index (χ3v) is 1.64. The van der Waals surface area contributed by atoms with Gasteiger partial charge in [0.15, 0.2) is 0 Å². The summed E-state index contributed by atoms with van der Waals surface area (Å²) >= 11 is 0. The van der Waals surface area contributed by atoms with Crippen LogP contribution in [0.3, 0.4) is 0 Å². The van der Waals surface area contributed by atoms with Gasteiger partial charge in [-0.2, -0.15) is 0 Å². The van der Waals surface area contributed by atoms with Crippen LogP contribution in [0.15, 0.2) is 24.3 Å². The number of para-hydroxylation sites is 1. The van der Waals surface area contributed by atoms with E-state index in [0.717, 1.165) is 12.0 Å². The van der Waals surface area contributed by atoms with Crippen molar-refractivity contribution in [2.45, 2.75) is 26.6 Å². The van der Waals surface area contributed by atoms with Crippen LogP contribution in [0.4, 0.5) is 4.39 Å². The van der Waals surface area contributed by atoms with Crippen molar-refractivity contribution in [2.24, 2.45) is 0 Å². The molecule has 0 aliphatic heterocycles. The molecule has 0 aliphatic rings. The Balaban J connectivity index is 2.82. The molecule has 66 valence electrons. The Bertz CT molecular complexity index is 245. The molecule has 0 saturated carbocycles. The molecular weight excluding hydrogens is 155 g/mol. The predicted octanol–water partition coefficient (Wildman–Crippen LogP) is 2.94. The summed E-state index contributed by atoms with van der Waals surface area (Å²) in [5.41, 5.74) is 1.04. The Morgan fingerprint density at radius 1 is 1.42 bits per heavy atom. The van der Waals surface area contributed by atoms with E-state index in [1.165, 1.54) is 6.92 Å². The molecule has 1 unspecified atom stereocenters. The molecule has 1 rings (SSSR count). The first-order valence-electron chi connectivity index (χ1n) is 4.12. The van der Waals surface area contributed by atoms with Crippen LogP contribution in [0, 0.1) is 0 Å².